The summed E-state index contributed by atoms with van der Waals surface area (Å²) in [4.78, 5) is 34.6. The Morgan fingerprint density at radius 2 is 1.95 bits per heavy atom. The van der Waals surface area contributed by atoms with Crippen molar-refractivity contribution in [1.29, 1.82) is 0 Å². The summed E-state index contributed by atoms with van der Waals surface area (Å²) >= 11 is 0. The molecule has 196 valence electrons. The number of hydroxylamine groups is 1. The molecule has 2 amide bonds. The van der Waals surface area contributed by atoms with Gasteiger partial charge in [-0.3, -0.25) is 19.7 Å². The molecule has 8 nitrogen and oxygen atoms in total. The third-order valence-corrected chi connectivity index (χ3v) is 7.30. The number of aromatic nitrogens is 2. The fraction of sp³-hybridized carbons (Fsp3) is 0.267. The van der Waals surface area contributed by atoms with Crippen LogP contribution in [0.25, 0.3) is 17.0 Å². The number of amides is 2. The lowest BCUT2D eigenvalue weighted by Gasteiger charge is -2.29. The van der Waals surface area contributed by atoms with Crippen molar-refractivity contribution in [2.75, 3.05) is 20.6 Å². The Morgan fingerprint density at radius 1 is 1.11 bits per heavy atom. The van der Waals surface area contributed by atoms with Crippen LogP contribution in [0.5, 0.6) is 0 Å². The van der Waals surface area contributed by atoms with Crippen LogP contribution in [0.3, 0.4) is 0 Å². The highest BCUT2D eigenvalue weighted by Crippen LogP contribution is 2.37. The van der Waals surface area contributed by atoms with Gasteiger partial charge in [-0.15, -0.1) is 0 Å². The molecule has 38 heavy (non-hydrogen) atoms. The first-order valence-electron chi connectivity index (χ1n) is 12.9. The second-order valence-corrected chi connectivity index (χ2v) is 10.0. The van der Waals surface area contributed by atoms with Gasteiger partial charge in [0.25, 0.3) is 11.8 Å². The third-order valence-electron chi connectivity index (χ3n) is 7.30. The number of aryl methyl sites for hydroxylation is 1. The van der Waals surface area contributed by atoms with Crippen LogP contribution in [-0.2, 0) is 24.2 Å². The summed E-state index contributed by atoms with van der Waals surface area (Å²) in [7, 11) is 3.52. The average molecular weight is 512 g/mol. The largest absolute Gasteiger partial charge is 0.363 e. The lowest BCUT2D eigenvalue weighted by Crippen LogP contribution is -2.29. The Hall–Kier alpha value is -4.14. The SMILES string of the molecule is CN(C)C(=O)c1c[nH]c(CN(CCc2c[nH]c3ccccc23)[C@H]2CCc3cc(C=CC(=O)NO)ccc32)c1. The van der Waals surface area contributed by atoms with Crippen LogP contribution in [0.4, 0.5) is 0 Å². The van der Waals surface area contributed by atoms with E-state index in [1.54, 1.807) is 36.7 Å². The van der Waals surface area contributed by atoms with E-state index in [1.165, 1.54) is 28.2 Å². The van der Waals surface area contributed by atoms with Gasteiger partial charge in [0, 0.05) is 68.3 Å². The standard InChI is InChI=1S/C30H33N5O3/c1-34(2)30(37)23-16-24(31-18-23)19-35(14-13-22-17-32-27-6-4-3-5-25(22)27)28-11-9-21-15-20(7-10-26(21)28)8-12-29(36)33-38/h3-8,10,12,15-18,28,31-32,38H,9,11,13-14,19H2,1-2H3,(H,33,36)/t28-/m0/s1. The number of carbonyl (C=O) groups excluding carboxylic acids is 2. The smallest absolute Gasteiger partial charge is 0.267 e. The number of para-hydroxylation sites is 1. The molecular weight excluding hydrogens is 478 g/mol. The number of H-pyrrole nitrogens is 2. The van der Waals surface area contributed by atoms with Crippen LogP contribution in [-0.4, -0.2) is 57.4 Å². The molecule has 1 aliphatic carbocycles. The molecule has 2 heterocycles. The first-order valence-corrected chi connectivity index (χ1v) is 12.9. The van der Waals surface area contributed by atoms with E-state index in [2.05, 4.69) is 51.4 Å². The maximum atomic E-state index is 12.5. The number of carbonyl (C=O) groups is 2. The monoisotopic (exact) mass is 511 g/mol. The maximum absolute atomic E-state index is 12.5. The molecular formula is C30H33N5O3. The molecule has 0 saturated heterocycles. The van der Waals surface area contributed by atoms with Crippen LogP contribution < -0.4 is 5.48 Å². The molecule has 2 aromatic heterocycles. The predicted octanol–water partition coefficient (Wildman–Crippen LogP) is 4.45. The first-order chi connectivity index (χ1) is 18.4. The summed E-state index contributed by atoms with van der Waals surface area (Å²) in [6.07, 6.45) is 9.77. The van der Waals surface area contributed by atoms with Gasteiger partial charge in [0.1, 0.15) is 0 Å². The Kier molecular flexibility index (Phi) is 7.44. The lowest BCUT2D eigenvalue weighted by atomic mass is 10.0. The topological polar surface area (TPSA) is 104 Å². The van der Waals surface area contributed by atoms with Crippen molar-refractivity contribution >= 4 is 28.8 Å². The summed E-state index contributed by atoms with van der Waals surface area (Å²) in [6.45, 7) is 1.56. The number of benzene rings is 2. The van der Waals surface area contributed by atoms with Crippen molar-refractivity contribution in [2.24, 2.45) is 0 Å². The van der Waals surface area contributed by atoms with Crippen LogP contribution in [0.1, 0.15) is 50.8 Å². The highest BCUT2D eigenvalue weighted by atomic mass is 16.5. The van der Waals surface area contributed by atoms with Gasteiger partial charge in [-0.2, -0.15) is 0 Å². The minimum absolute atomic E-state index is 0.0143. The molecule has 4 aromatic rings. The van der Waals surface area contributed by atoms with E-state index >= 15 is 0 Å². The molecule has 0 unspecified atom stereocenters. The number of nitrogens with one attached hydrogen (secondary N) is 3. The normalized spacial score (nSPS) is 14.9. The molecule has 8 heteroatoms. The van der Waals surface area contributed by atoms with E-state index in [1.807, 2.05) is 18.2 Å². The summed E-state index contributed by atoms with van der Waals surface area (Å²) in [5.41, 5.74) is 9.23. The van der Waals surface area contributed by atoms with Crippen LogP contribution in [0.15, 0.2) is 67.0 Å². The number of rotatable bonds is 9. The highest BCUT2D eigenvalue weighted by Gasteiger charge is 2.28. The van der Waals surface area contributed by atoms with Gasteiger partial charge in [0.05, 0.1) is 5.56 Å². The Bertz CT molecular complexity index is 1480. The second kappa shape index (κ2) is 11.1. The molecule has 0 fully saturated rings. The van der Waals surface area contributed by atoms with E-state index in [0.29, 0.717) is 12.1 Å². The molecule has 4 N–H and O–H groups in total. The van der Waals surface area contributed by atoms with Gasteiger partial charge < -0.3 is 14.9 Å². The van der Waals surface area contributed by atoms with Crippen molar-refractivity contribution in [1.82, 2.24) is 25.2 Å². The molecule has 1 aliphatic rings. The van der Waals surface area contributed by atoms with Crippen molar-refractivity contribution in [3.05, 3.63) is 101 Å². The van der Waals surface area contributed by atoms with Gasteiger partial charge in [-0.1, -0.05) is 36.4 Å². The van der Waals surface area contributed by atoms with Crippen LogP contribution in [0, 0.1) is 0 Å². The number of hydrogen-bond acceptors (Lipinski definition) is 4. The minimum atomic E-state index is -0.551. The summed E-state index contributed by atoms with van der Waals surface area (Å²) in [5, 5.41) is 9.99. The molecule has 0 spiro atoms. The van der Waals surface area contributed by atoms with Gasteiger partial charge in [-0.25, -0.2) is 5.48 Å². The van der Waals surface area contributed by atoms with E-state index in [9.17, 15) is 9.59 Å². The Labute approximate surface area is 221 Å². The molecule has 1 atom stereocenters. The predicted molar refractivity (Wildman–Crippen MR) is 148 cm³/mol. The Morgan fingerprint density at radius 3 is 2.76 bits per heavy atom. The summed E-state index contributed by atoms with van der Waals surface area (Å²) in [5.74, 6) is -0.565. The quantitative estimate of drug-likeness (QED) is 0.151. The van der Waals surface area contributed by atoms with E-state index in [-0.39, 0.29) is 11.9 Å². The fourth-order valence-electron chi connectivity index (χ4n) is 5.39. The van der Waals surface area contributed by atoms with Crippen molar-refractivity contribution in [2.45, 2.75) is 31.8 Å². The van der Waals surface area contributed by atoms with Gasteiger partial charge >= 0.3 is 0 Å². The van der Waals surface area contributed by atoms with E-state index in [4.69, 9.17) is 5.21 Å². The van der Waals surface area contributed by atoms with Crippen molar-refractivity contribution < 1.29 is 14.8 Å². The lowest BCUT2D eigenvalue weighted by molar-refractivity contribution is -0.124. The third kappa shape index (κ3) is 5.41. The van der Waals surface area contributed by atoms with Crippen molar-refractivity contribution in [3.8, 4) is 0 Å². The first kappa shape index (κ1) is 25.5. The van der Waals surface area contributed by atoms with E-state index < -0.39 is 5.91 Å². The maximum Gasteiger partial charge on any atom is 0.267 e. The Balaban J connectivity index is 1.40. The molecule has 5 rings (SSSR count). The van der Waals surface area contributed by atoms with Crippen LogP contribution >= 0.6 is 0 Å². The molecule has 0 radical (unpaired) electrons. The number of aromatic amines is 2. The fourth-order valence-corrected chi connectivity index (χ4v) is 5.39. The number of hydrogen-bond donors (Lipinski definition) is 4. The van der Waals surface area contributed by atoms with Crippen molar-refractivity contribution in [3.63, 3.8) is 0 Å². The zero-order valence-corrected chi connectivity index (χ0v) is 21.7. The average Bonchev–Trinajstić information content (AvgIpc) is 3.67. The van der Waals surface area contributed by atoms with Gasteiger partial charge in [-0.05, 0) is 59.7 Å². The molecule has 0 aliphatic heterocycles. The van der Waals surface area contributed by atoms with Gasteiger partial charge in [0.2, 0.25) is 0 Å². The zero-order chi connectivity index (χ0) is 26.6. The number of fused-ring (bicyclic) bond motifs is 2. The summed E-state index contributed by atoms with van der Waals surface area (Å²) in [6, 6.07) is 16.9. The molecule has 2 aromatic carbocycles. The number of nitrogens with zero attached hydrogens (tertiary/aromatic N) is 2. The molecule has 0 saturated carbocycles. The summed E-state index contributed by atoms with van der Waals surface area (Å²) < 4.78 is 0. The zero-order valence-electron chi connectivity index (χ0n) is 21.7. The van der Waals surface area contributed by atoms with Crippen LogP contribution in [0.2, 0.25) is 0 Å². The second-order valence-electron chi connectivity index (χ2n) is 10.0. The highest BCUT2D eigenvalue weighted by molar-refractivity contribution is 5.94. The molecule has 0 bridgehead atoms. The minimum Gasteiger partial charge on any atom is -0.363 e. The van der Waals surface area contributed by atoms with Gasteiger partial charge in [0.15, 0.2) is 0 Å². The van der Waals surface area contributed by atoms with E-state index in [0.717, 1.165) is 42.6 Å².